The summed E-state index contributed by atoms with van der Waals surface area (Å²) in [4.78, 5) is 0. The maximum absolute atomic E-state index is 10.5. The van der Waals surface area contributed by atoms with Crippen molar-refractivity contribution in [1.82, 2.24) is 0 Å². The van der Waals surface area contributed by atoms with E-state index in [2.05, 4.69) is 0 Å². The summed E-state index contributed by atoms with van der Waals surface area (Å²) in [5, 5.41) is 0. The summed E-state index contributed by atoms with van der Waals surface area (Å²) in [6, 6.07) is 3.26. The van der Waals surface area contributed by atoms with Crippen LogP contribution in [0.1, 0.15) is 6.42 Å². The van der Waals surface area contributed by atoms with E-state index in [-0.39, 0.29) is 18.8 Å². The van der Waals surface area contributed by atoms with E-state index in [1.54, 1.807) is 12.1 Å². The normalized spacial score (nSPS) is 11.4. The van der Waals surface area contributed by atoms with Gasteiger partial charge in [-0.05, 0) is 35.1 Å². The van der Waals surface area contributed by atoms with Crippen LogP contribution in [0.15, 0.2) is 12.1 Å². The third kappa shape index (κ3) is 4.96. The van der Waals surface area contributed by atoms with Gasteiger partial charge in [0.05, 0.1) is 18.0 Å². The quantitative estimate of drug-likeness (QED) is 0.309. The summed E-state index contributed by atoms with van der Waals surface area (Å²) < 4.78 is 35.6. The minimum absolute atomic E-state index is 0.143. The molecule has 0 unspecified atom stereocenters. The molecular weight excluding hydrogens is 359 g/mol. The number of anilines is 2. The van der Waals surface area contributed by atoms with Gasteiger partial charge in [0.15, 0.2) is 0 Å². The van der Waals surface area contributed by atoms with Crippen LogP contribution in [0.3, 0.4) is 0 Å². The van der Waals surface area contributed by atoms with Gasteiger partial charge in [0.25, 0.3) is 10.1 Å². The molecule has 0 spiro atoms. The van der Waals surface area contributed by atoms with Crippen molar-refractivity contribution in [2.45, 2.75) is 6.42 Å². The summed E-state index contributed by atoms with van der Waals surface area (Å²) in [6.07, 6.45) is 0.185. The molecule has 1 aromatic rings. The minimum atomic E-state index is -3.94. The Bertz CT molecular complexity index is 504. The summed E-state index contributed by atoms with van der Waals surface area (Å²) >= 11 is 2.05. The SMILES string of the molecule is Nc1cc(OCCCS(=O)(=O)O)c(N)cc1I. The molecule has 0 atom stereocenters. The van der Waals surface area contributed by atoms with Crippen molar-refractivity contribution in [1.29, 1.82) is 0 Å². The van der Waals surface area contributed by atoms with Crippen LogP contribution in [0.5, 0.6) is 5.75 Å². The monoisotopic (exact) mass is 372 g/mol. The third-order valence-electron chi connectivity index (χ3n) is 1.93. The van der Waals surface area contributed by atoms with Crippen molar-refractivity contribution < 1.29 is 17.7 Å². The third-order valence-corrected chi connectivity index (χ3v) is 3.67. The van der Waals surface area contributed by atoms with Crippen LogP contribution in [0.2, 0.25) is 0 Å². The molecule has 1 aromatic carbocycles. The molecule has 0 aliphatic rings. The zero-order valence-corrected chi connectivity index (χ0v) is 11.9. The first kappa shape index (κ1) is 14.3. The summed E-state index contributed by atoms with van der Waals surface area (Å²) in [7, 11) is -3.94. The average molecular weight is 372 g/mol. The first-order valence-corrected chi connectivity index (χ1v) is 7.41. The molecule has 5 N–H and O–H groups in total. The van der Waals surface area contributed by atoms with Gasteiger partial charge in [0.1, 0.15) is 5.75 Å². The van der Waals surface area contributed by atoms with E-state index < -0.39 is 10.1 Å². The molecule has 1 rings (SSSR count). The van der Waals surface area contributed by atoms with Gasteiger partial charge in [0, 0.05) is 15.3 Å². The van der Waals surface area contributed by atoms with Crippen LogP contribution >= 0.6 is 22.6 Å². The highest BCUT2D eigenvalue weighted by molar-refractivity contribution is 14.1. The first-order chi connectivity index (χ1) is 7.79. The Hall–Kier alpha value is -0.740. The number of rotatable bonds is 5. The maximum Gasteiger partial charge on any atom is 0.264 e. The number of halogens is 1. The van der Waals surface area contributed by atoms with E-state index in [9.17, 15) is 8.42 Å². The highest BCUT2D eigenvalue weighted by Gasteiger charge is 2.07. The largest absolute Gasteiger partial charge is 0.491 e. The topological polar surface area (TPSA) is 116 Å². The van der Waals surface area contributed by atoms with Crippen molar-refractivity contribution in [3.05, 3.63) is 15.7 Å². The first-order valence-electron chi connectivity index (χ1n) is 4.72. The van der Waals surface area contributed by atoms with Crippen molar-refractivity contribution in [3.8, 4) is 5.75 Å². The van der Waals surface area contributed by atoms with Gasteiger partial charge in [-0.3, -0.25) is 4.55 Å². The van der Waals surface area contributed by atoms with Gasteiger partial charge in [-0.25, -0.2) is 0 Å². The Labute approximate surface area is 113 Å². The van der Waals surface area contributed by atoms with E-state index in [0.29, 0.717) is 17.1 Å². The lowest BCUT2D eigenvalue weighted by atomic mass is 10.2. The molecule has 0 aliphatic carbocycles. The Morgan fingerprint density at radius 3 is 2.53 bits per heavy atom. The zero-order chi connectivity index (χ0) is 13.1. The second-order valence-corrected chi connectivity index (χ2v) is 6.13. The zero-order valence-electron chi connectivity index (χ0n) is 8.89. The van der Waals surface area contributed by atoms with Crippen LogP contribution in [-0.2, 0) is 10.1 Å². The summed E-state index contributed by atoms with van der Waals surface area (Å²) in [5.41, 5.74) is 12.4. The van der Waals surface area contributed by atoms with Gasteiger partial charge >= 0.3 is 0 Å². The van der Waals surface area contributed by atoms with Gasteiger partial charge < -0.3 is 16.2 Å². The summed E-state index contributed by atoms with van der Waals surface area (Å²) in [6.45, 7) is 0.143. The molecule has 17 heavy (non-hydrogen) atoms. The standard InChI is InChI=1S/C9H13IN2O4S/c10-6-4-8(12)9(5-7(6)11)16-2-1-3-17(13,14)15/h4-5H,1-3,11-12H2,(H,13,14,15). The average Bonchev–Trinajstić information content (AvgIpc) is 2.18. The van der Waals surface area contributed by atoms with Crippen molar-refractivity contribution in [2.24, 2.45) is 0 Å². The van der Waals surface area contributed by atoms with Crippen molar-refractivity contribution >= 4 is 44.1 Å². The van der Waals surface area contributed by atoms with Gasteiger partial charge in [0.2, 0.25) is 0 Å². The number of hydrogen-bond donors (Lipinski definition) is 3. The molecule has 0 aliphatic heterocycles. The van der Waals surface area contributed by atoms with Crippen molar-refractivity contribution in [2.75, 3.05) is 23.8 Å². The Morgan fingerprint density at radius 2 is 1.94 bits per heavy atom. The number of hydrogen-bond acceptors (Lipinski definition) is 5. The highest BCUT2D eigenvalue weighted by atomic mass is 127. The molecule has 0 aromatic heterocycles. The lowest BCUT2D eigenvalue weighted by molar-refractivity contribution is 0.318. The second-order valence-electron chi connectivity index (χ2n) is 3.40. The molecule has 0 saturated carbocycles. The molecule has 0 saturated heterocycles. The van der Waals surface area contributed by atoms with Crippen LogP contribution in [0.4, 0.5) is 11.4 Å². The lowest BCUT2D eigenvalue weighted by Gasteiger charge is -2.10. The number of benzene rings is 1. The predicted molar refractivity (Wildman–Crippen MR) is 74.5 cm³/mol. The molecule has 6 nitrogen and oxygen atoms in total. The van der Waals surface area contributed by atoms with Crippen LogP contribution in [0.25, 0.3) is 0 Å². The fourth-order valence-corrected chi connectivity index (χ4v) is 2.11. The smallest absolute Gasteiger partial charge is 0.264 e. The molecule has 0 fully saturated rings. The van der Waals surface area contributed by atoms with E-state index >= 15 is 0 Å². The fraction of sp³-hybridized carbons (Fsp3) is 0.333. The Morgan fingerprint density at radius 1 is 1.29 bits per heavy atom. The fourth-order valence-electron chi connectivity index (χ4n) is 1.13. The predicted octanol–water partition coefficient (Wildman–Crippen LogP) is 1.11. The van der Waals surface area contributed by atoms with Gasteiger partial charge in [-0.2, -0.15) is 8.42 Å². The summed E-state index contributed by atoms with van der Waals surface area (Å²) in [5.74, 6) is 0.0745. The van der Waals surface area contributed by atoms with E-state index in [0.717, 1.165) is 3.57 Å². The minimum Gasteiger partial charge on any atom is -0.491 e. The van der Waals surface area contributed by atoms with E-state index in [1.165, 1.54) is 0 Å². The molecule has 0 radical (unpaired) electrons. The molecule has 8 heteroatoms. The lowest BCUT2D eigenvalue weighted by Crippen LogP contribution is -2.09. The van der Waals surface area contributed by atoms with Crippen LogP contribution in [-0.4, -0.2) is 25.3 Å². The van der Waals surface area contributed by atoms with Crippen molar-refractivity contribution in [3.63, 3.8) is 0 Å². The van der Waals surface area contributed by atoms with E-state index in [4.69, 9.17) is 20.8 Å². The number of nitrogens with two attached hydrogens (primary N) is 2. The number of nitrogen functional groups attached to an aromatic ring is 2. The maximum atomic E-state index is 10.5. The molecule has 96 valence electrons. The van der Waals surface area contributed by atoms with E-state index in [1.807, 2.05) is 22.6 Å². The second kappa shape index (κ2) is 5.74. The molecule has 0 amide bonds. The molecule has 0 heterocycles. The Balaban J connectivity index is 2.55. The molecule has 0 bridgehead atoms. The molecular formula is C9H13IN2O4S. The van der Waals surface area contributed by atoms with Gasteiger partial charge in [-0.15, -0.1) is 0 Å². The van der Waals surface area contributed by atoms with Gasteiger partial charge in [-0.1, -0.05) is 0 Å². The van der Waals surface area contributed by atoms with Crippen LogP contribution < -0.4 is 16.2 Å². The number of ether oxygens (including phenoxy) is 1. The Kier molecular flexibility index (Phi) is 4.83. The van der Waals surface area contributed by atoms with Crippen LogP contribution in [0, 0.1) is 3.57 Å². The highest BCUT2D eigenvalue weighted by Crippen LogP contribution is 2.28.